The van der Waals surface area contributed by atoms with Gasteiger partial charge in [0.2, 0.25) is 0 Å². The van der Waals surface area contributed by atoms with Crippen LogP contribution in [0.1, 0.15) is 0 Å². The average molecular weight is 170 g/mol. The molecule has 0 heterocycles. The first kappa shape index (κ1) is 8.67. The summed E-state index contributed by atoms with van der Waals surface area (Å²) in [7, 11) is -1.06. The Hall–Kier alpha value is -0.420. The second-order valence-electron chi connectivity index (χ2n) is 3.41. The molecular weight excluding hydrogens is 158 g/mol. The van der Waals surface area contributed by atoms with Crippen LogP contribution >= 0.6 is 7.26 Å². The molecule has 0 bridgehead atoms. The zero-order valence-electron chi connectivity index (χ0n) is 7.06. The van der Waals surface area contributed by atoms with Gasteiger partial charge < -0.3 is 0 Å². The van der Waals surface area contributed by atoms with Crippen LogP contribution in [0.4, 0.5) is 4.39 Å². The standard InChI is InChI=1S/C9H12FP/c1-11(2,3)9-6-4-5-8(10)7-9/h4,6-7H,1-3H3/q+1. The Morgan fingerprint density at radius 1 is 1.36 bits per heavy atom. The molecule has 11 heavy (non-hydrogen) atoms. The van der Waals surface area contributed by atoms with Gasteiger partial charge in [0, 0.05) is 19.4 Å². The molecule has 1 aromatic carbocycles. The van der Waals surface area contributed by atoms with E-state index in [-0.39, 0.29) is 5.82 Å². The summed E-state index contributed by atoms with van der Waals surface area (Å²) in [6, 6.07) is 7.66. The Balaban J connectivity index is 3.06. The van der Waals surface area contributed by atoms with Gasteiger partial charge in [-0.05, 0) is 12.1 Å². The molecule has 0 aliphatic rings. The van der Waals surface area contributed by atoms with Gasteiger partial charge in [0.1, 0.15) is 5.82 Å². The van der Waals surface area contributed by atoms with Crippen LogP contribution in [-0.2, 0) is 0 Å². The van der Waals surface area contributed by atoms with Crippen LogP contribution in [0.15, 0.2) is 18.2 Å². The molecule has 0 unspecified atom stereocenters. The molecule has 0 fully saturated rings. The molecule has 1 rings (SSSR count). The summed E-state index contributed by atoms with van der Waals surface area (Å²) in [5, 5.41) is 1.12. The van der Waals surface area contributed by atoms with Crippen LogP contribution in [0.5, 0.6) is 0 Å². The summed E-state index contributed by atoms with van der Waals surface area (Å²) in [4.78, 5) is 0. The van der Waals surface area contributed by atoms with Crippen LogP contribution in [-0.4, -0.2) is 20.0 Å². The zero-order chi connectivity index (χ0) is 8.48. The molecule has 0 atom stereocenters. The van der Waals surface area contributed by atoms with Gasteiger partial charge >= 0.3 is 0 Å². The molecule has 0 saturated carbocycles. The van der Waals surface area contributed by atoms with Crippen molar-refractivity contribution in [3.8, 4) is 0 Å². The molecule has 0 aromatic heterocycles. The van der Waals surface area contributed by atoms with Gasteiger partial charge in [-0.15, -0.1) is 0 Å². The van der Waals surface area contributed by atoms with Crippen molar-refractivity contribution in [3.63, 3.8) is 0 Å². The Morgan fingerprint density at radius 3 is 2.36 bits per heavy atom. The maximum atomic E-state index is 12.7. The fraction of sp³-hybridized carbons (Fsp3) is 0.333. The van der Waals surface area contributed by atoms with Gasteiger partial charge in [0.25, 0.3) is 0 Å². The summed E-state index contributed by atoms with van der Waals surface area (Å²) in [5.74, 6) is -0.252. The van der Waals surface area contributed by atoms with E-state index in [2.05, 4.69) is 26.1 Å². The van der Waals surface area contributed by atoms with E-state index in [0.29, 0.717) is 0 Å². The van der Waals surface area contributed by atoms with E-state index in [1.54, 1.807) is 12.1 Å². The van der Waals surface area contributed by atoms with Gasteiger partial charge in [-0.25, -0.2) is 4.39 Å². The van der Waals surface area contributed by atoms with Crippen LogP contribution in [0, 0.1) is 11.9 Å². The molecule has 0 N–H and O–H groups in total. The summed E-state index contributed by atoms with van der Waals surface area (Å²) < 4.78 is 12.7. The smallest absolute Gasteiger partial charge is 0.135 e. The van der Waals surface area contributed by atoms with E-state index in [9.17, 15) is 4.39 Å². The van der Waals surface area contributed by atoms with Crippen LogP contribution in [0.25, 0.3) is 0 Å². The van der Waals surface area contributed by atoms with Gasteiger partial charge in [0.05, 0.1) is 25.3 Å². The summed E-state index contributed by atoms with van der Waals surface area (Å²) in [6.45, 7) is 6.51. The lowest BCUT2D eigenvalue weighted by molar-refractivity contribution is 0.626. The lowest BCUT2D eigenvalue weighted by atomic mass is 10.3. The fourth-order valence-corrected chi connectivity index (χ4v) is 1.87. The molecule has 0 saturated heterocycles. The molecular formula is C9H12FP+. The third kappa shape index (κ3) is 2.27. The minimum absolute atomic E-state index is 0.252. The number of hydrogen-bond acceptors (Lipinski definition) is 0. The second-order valence-corrected chi connectivity index (χ2v) is 7.95. The highest BCUT2D eigenvalue weighted by molar-refractivity contribution is 7.80. The van der Waals surface area contributed by atoms with E-state index in [4.69, 9.17) is 0 Å². The lowest BCUT2D eigenvalue weighted by Gasteiger charge is -2.10. The Labute approximate surface area is 67.8 Å². The maximum absolute atomic E-state index is 12.7. The summed E-state index contributed by atoms with van der Waals surface area (Å²) in [6.07, 6.45) is 0. The number of rotatable bonds is 1. The minimum Gasteiger partial charge on any atom is -0.206 e. The fourth-order valence-electron chi connectivity index (χ4n) is 0.844. The summed E-state index contributed by atoms with van der Waals surface area (Å²) >= 11 is 0. The second kappa shape index (κ2) is 2.91. The van der Waals surface area contributed by atoms with Crippen molar-refractivity contribution in [3.05, 3.63) is 30.1 Å². The molecule has 2 heteroatoms. The van der Waals surface area contributed by atoms with Crippen molar-refractivity contribution in [1.82, 2.24) is 0 Å². The Kier molecular flexibility index (Phi) is 2.29. The number of hydrogen-bond donors (Lipinski definition) is 0. The normalized spacial score (nSPS) is 11.6. The molecule has 0 spiro atoms. The Morgan fingerprint density at radius 2 is 2.00 bits per heavy atom. The molecule has 0 amide bonds. The molecule has 1 aromatic rings. The van der Waals surface area contributed by atoms with Gasteiger partial charge in [-0.2, -0.15) is 0 Å². The number of halogens is 1. The van der Waals surface area contributed by atoms with E-state index in [0.717, 1.165) is 5.30 Å². The lowest BCUT2D eigenvalue weighted by Crippen LogP contribution is -2.07. The molecule has 59 valence electrons. The monoisotopic (exact) mass is 170 g/mol. The van der Waals surface area contributed by atoms with Crippen LogP contribution in [0.3, 0.4) is 0 Å². The van der Waals surface area contributed by atoms with Crippen molar-refractivity contribution in [1.29, 1.82) is 0 Å². The van der Waals surface area contributed by atoms with E-state index in [1.807, 2.05) is 6.07 Å². The maximum Gasteiger partial charge on any atom is 0.135 e. The van der Waals surface area contributed by atoms with E-state index < -0.39 is 7.26 Å². The first-order valence-corrected chi connectivity index (χ1v) is 6.62. The first-order valence-electron chi connectivity index (χ1n) is 3.49. The minimum atomic E-state index is -1.06. The van der Waals surface area contributed by atoms with Crippen molar-refractivity contribution in [2.45, 2.75) is 0 Å². The molecule has 1 radical (unpaired) electrons. The zero-order valence-corrected chi connectivity index (χ0v) is 7.95. The predicted octanol–water partition coefficient (Wildman–Crippen LogP) is 2.16. The third-order valence-corrected chi connectivity index (χ3v) is 3.35. The van der Waals surface area contributed by atoms with Gasteiger partial charge in [0.15, 0.2) is 0 Å². The molecule has 0 aliphatic heterocycles. The quantitative estimate of drug-likeness (QED) is 0.566. The van der Waals surface area contributed by atoms with Crippen molar-refractivity contribution < 1.29 is 4.39 Å². The SMILES string of the molecule is C[P+](C)(C)c1cc[c]c(F)c1. The topological polar surface area (TPSA) is 0 Å². The van der Waals surface area contributed by atoms with E-state index in [1.165, 1.54) is 0 Å². The highest BCUT2D eigenvalue weighted by Gasteiger charge is 2.20. The number of benzene rings is 1. The van der Waals surface area contributed by atoms with Crippen LogP contribution < -0.4 is 5.30 Å². The predicted molar refractivity (Wildman–Crippen MR) is 49.6 cm³/mol. The average Bonchev–Trinajstić information content (AvgIpc) is 1.86. The van der Waals surface area contributed by atoms with Gasteiger partial charge in [-0.1, -0.05) is 0 Å². The first-order chi connectivity index (χ1) is 5.00. The molecule has 0 aliphatic carbocycles. The van der Waals surface area contributed by atoms with Crippen LogP contribution in [0.2, 0.25) is 0 Å². The highest BCUT2D eigenvalue weighted by atomic mass is 31.2. The highest BCUT2D eigenvalue weighted by Crippen LogP contribution is 2.44. The third-order valence-electron chi connectivity index (χ3n) is 1.52. The van der Waals surface area contributed by atoms with Crippen molar-refractivity contribution in [2.75, 3.05) is 20.0 Å². The largest absolute Gasteiger partial charge is 0.206 e. The summed E-state index contributed by atoms with van der Waals surface area (Å²) in [5.41, 5.74) is 0. The van der Waals surface area contributed by atoms with Gasteiger partial charge in [-0.3, -0.25) is 0 Å². The van der Waals surface area contributed by atoms with E-state index >= 15 is 0 Å². The van der Waals surface area contributed by atoms with Crippen molar-refractivity contribution >= 4 is 12.6 Å². The molecule has 0 nitrogen and oxygen atoms in total. The Bertz CT molecular complexity index is 250. The van der Waals surface area contributed by atoms with Crippen molar-refractivity contribution in [2.24, 2.45) is 0 Å².